The molecule has 0 unspecified atom stereocenters. The first-order valence-electron chi connectivity index (χ1n) is 11.7. The van der Waals surface area contributed by atoms with Crippen molar-refractivity contribution in [1.82, 2.24) is 0 Å². The van der Waals surface area contributed by atoms with Gasteiger partial charge in [-0.3, -0.25) is 4.79 Å². The number of carbonyl (C=O) groups excluding carboxylic acids is 2. The second kappa shape index (κ2) is 9.48. The fourth-order valence-corrected chi connectivity index (χ4v) is 6.01. The Morgan fingerprint density at radius 1 is 0.969 bits per heavy atom. The van der Waals surface area contributed by atoms with Gasteiger partial charge < -0.3 is 23.1 Å². The van der Waals surface area contributed by atoms with Gasteiger partial charge in [-0.05, 0) is 49.1 Å². The summed E-state index contributed by atoms with van der Waals surface area (Å²) in [5, 5.41) is -0.127. The largest absolute Gasteiger partial charge is 0.469 e. The van der Waals surface area contributed by atoms with Gasteiger partial charge in [0.1, 0.15) is 18.3 Å². The Labute approximate surface area is 196 Å². The minimum absolute atomic E-state index is 0.0501. The summed E-state index contributed by atoms with van der Waals surface area (Å²) in [4.78, 5) is 25.1. The summed E-state index contributed by atoms with van der Waals surface area (Å²) in [5.74, 6) is -0.674. The van der Waals surface area contributed by atoms with Crippen LogP contribution in [-0.2, 0) is 32.7 Å². The van der Waals surface area contributed by atoms with Gasteiger partial charge in [0, 0.05) is 0 Å². The molecule has 2 rings (SSSR count). The highest BCUT2D eigenvalue weighted by molar-refractivity contribution is 6.74. The summed E-state index contributed by atoms with van der Waals surface area (Å²) < 4.78 is 30.5. The lowest BCUT2D eigenvalue weighted by Gasteiger charge is -2.51. The topological polar surface area (TPSA) is 80.3 Å². The predicted octanol–water partition coefficient (Wildman–Crippen LogP) is 4.80. The summed E-state index contributed by atoms with van der Waals surface area (Å²) in [5.41, 5.74) is 0. The minimum Gasteiger partial charge on any atom is -0.469 e. The maximum Gasteiger partial charge on any atom is 0.337 e. The average molecular weight is 489 g/mol. The zero-order valence-corrected chi connectivity index (χ0v) is 23.9. The van der Waals surface area contributed by atoms with Gasteiger partial charge in [0.2, 0.25) is 0 Å². The Bertz CT molecular complexity index is 693. The first-order chi connectivity index (χ1) is 14.4. The van der Waals surface area contributed by atoms with Gasteiger partial charge in [0.25, 0.3) is 0 Å². The molecular formula is C23H44O7Si2. The van der Waals surface area contributed by atoms with Crippen molar-refractivity contribution in [3.63, 3.8) is 0 Å². The smallest absolute Gasteiger partial charge is 0.337 e. The number of fused-ring (bicyclic) bond motifs is 1. The lowest BCUT2D eigenvalue weighted by Crippen LogP contribution is -2.65. The van der Waals surface area contributed by atoms with Crippen LogP contribution in [0.25, 0.3) is 0 Å². The third-order valence-corrected chi connectivity index (χ3v) is 16.6. The second-order valence-corrected chi connectivity index (χ2v) is 21.7. The molecule has 0 radical (unpaired) electrons. The van der Waals surface area contributed by atoms with Gasteiger partial charge in [0.15, 0.2) is 22.7 Å². The van der Waals surface area contributed by atoms with Gasteiger partial charge in [-0.25, -0.2) is 4.79 Å². The molecule has 2 aliphatic rings. The number of methoxy groups -OCH3 is 1. The van der Waals surface area contributed by atoms with Crippen LogP contribution in [0.4, 0.5) is 0 Å². The molecule has 0 aliphatic carbocycles. The zero-order valence-electron chi connectivity index (χ0n) is 21.9. The summed E-state index contributed by atoms with van der Waals surface area (Å²) >= 11 is 0. The molecule has 2 heterocycles. The third-order valence-electron chi connectivity index (χ3n) is 7.70. The molecule has 0 bridgehead atoms. The van der Waals surface area contributed by atoms with Crippen molar-refractivity contribution in [1.29, 1.82) is 0 Å². The highest BCUT2D eigenvalue weighted by Crippen LogP contribution is 2.44. The normalized spacial score (nSPS) is 29.8. The van der Waals surface area contributed by atoms with Crippen LogP contribution in [0.5, 0.6) is 0 Å². The van der Waals surface area contributed by atoms with E-state index in [1.807, 2.05) is 0 Å². The fraction of sp³-hybridized carbons (Fsp3) is 0.913. The molecule has 9 heteroatoms. The number of hydrogen-bond donors (Lipinski definition) is 0. The van der Waals surface area contributed by atoms with Crippen molar-refractivity contribution in [2.75, 3.05) is 7.11 Å². The monoisotopic (exact) mass is 488 g/mol. The van der Waals surface area contributed by atoms with Gasteiger partial charge in [0.05, 0.1) is 19.6 Å². The van der Waals surface area contributed by atoms with Crippen molar-refractivity contribution in [2.45, 2.75) is 128 Å². The van der Waals surface area contributed by atoms with E-state index < -0.39 is 41.1 Å². The molecule has 0 N–H and O–H groups in total. The maximum atomic E-state index is 13.2. The van der Waals surface area contributed by atoms with E-state index in [1.165, 1.54) is 7.11 Å². The number of ether oxygens (including phenoxy) is 3. The molecule has 186 valence electrons. The average Bonchev–Trinajstić information content (AvgIpc) is 2.62. The maximum absolute atomic E-state index is 13.2. The SMILES string of the molecule is COC(=O)C[C@H]1CC[C@@H]2OC(=O)[C@@H](O[Si](C)(C)C(C)(C)C)[C@@H](O[Si](C)(C)C(C)(C)C)[C@H]2O1. The highest BCUT2D eigenvalue weighted by atomic mass is 28.4. The lowest BCUT2D eigenvalue weighted by atomic mass is 9.91. The molecule has 32 heavy (non-hydrogen) atoms. The van der Waals surface area contributed by atoms with E-state index in [9.17, 15) is 9.59 Å². The molecule has 7 nitrogen and oxygen atoms in total. The summed E-state index contributed by atoms with van der Waals surface area (Å²) in [6, 6.07) is 0. The van der Waals surface area contributed by atoms with Crippen LogP contribution in [0, 0.1) is 0 Å². The van der Waals surface area contributed by atoms with E-state index in [2.05, 4.69) is 67.7 Å². The molecule has 2 saturated heterocycles. The van der Waals surface area contributed by atoms with Crippen LogP contribution in [-0.4, -0.2) is 66.2 Å². The van der Waals surface area contributed by atoms with E-state index in [0.717, 1.165) is 0 Å². The van der Waals surface area contributed by atoms with Gasteiger partial charge in [-0.2, -0.15) is 0 Å². The molecule has 5 atom stereocenters. The Morgan fingerprint density at radius 3 is 2.00 bits per heavy atom. The van der Waals surface area contributed by atoms with Crippen LogP contribution in [0.3, 0.4) is 0 Å². The van der Waals surface area contributed by atoms with E-state index in [1.54, 1.807) is 0 Å². The van der Waals surface area contributed by atoms with E-state index in [-0.39, 0.29) is 34.5 Å². The van der Waals surface area contributed by atoms with Gasteiger partial charge in [-0.15, -0.1) is 0 Å². The first kappa shape index (κ1) is 27.5. The van der Waals surface area contributed by atoms with Crippen LogP contribution in [0.1, 0.15) is 60.8 Å². The zero-order chi connectivity index (χ0) is 24.7. The summed E-state index contributed by atoms with van der Waals surface area (Å²) in [6.45, 7) is 21.5. The molecule has 0 aromatic rings. The van der Waals surface area contributed by atoms with Gasteiger partial charge in [-0.1, -0.05) is 41.5 Å². The molecule has 2 fully saturated rings. The lowest BCUT2D eigenvalue weighted by molar-refractivity contribution is -0.229. The van der Waals surface area contributed by atoms with E-state index >= 15 is 0 Å². The number of carbonyl (C=O) groups is 2. The highest BCUT2D eigenvalue weighted by Gasteiger charge is 2.56. The Morgan fingerprint density at radius 2 is 1.50 bits per heavy atom. The van der Waals surface area contributed by atoms with Crippen LogP contribution < -0.4 is 0 Å². The van der Waals surface area contributed by atoms with Crippen LogP contribution >= 0.6 is 0 Å². The molecule has 0 saturated carbocycles. The van der Waals surface area contributed by atoms with Crippen molar-refractivity contribution in [2.24, 2.45) is 0 Å². The predicted molar refractivity (Wildman–Crippen MR) is 129 cm³/mol. The Balaban J connectivity index is 2.41. The second-order valence-electron chi connectivity index (χ2n) is 12.2. The molecule has 2 aliphatic heterocycles. The standard InChI is InChI=1S/C23H44O7Si2/c1-22(2,3)31(8,9)29-19-18-16(13-12-15(27-18)14-17(24)26-7)28-21(25)20(19)30-32(10,11)23(4,5)6/h15-16,18-20H,12-14H2,1-11H3/t15-,16+,18+,19+,20+/m1/s1. The van der Waals surface area contributed by atoms with Gasteiger partial charge >= 0.3 is 11.9 Å². The van der Waals surface area contributed by atoms with Crippen molar-refractivity contribution >= 4 is 28.6 Å². The molecule has 0 aromatic carbocycles. The molecular weight excluding hydrogens is 444 g/mol. The minimum atomic E-state index is -2.30. The quantitative estimate of drug-likeness (QED) is 0.392. The third kappa shape index (κ3) is 6.03. The molecule has 0 spiro atoms. The van der Waals surface area contributed by atoms with Crippen molar-refractivity contribution in [3.8, 4) is 0 Å². The number of rotatable bonds is 6. The molecule has 0 amide bonds. The van der Waals surface area contributed by atoms with Crippen LogP contribution in [0.2, 0.25) is 36.3 Å². The van der Waals surface area contributed by atoms with Crippen molar-refractivity contribution in [3.05, 3.63) is 0 Å². The van der Waals surface area contributed by atoms with Crippen molar-refractivity contribution < 1.29 is 32.7 Å². The summed E-state index contributed by atoms with van der Waals surface area (Å²) in [7, 11) is -3.19. The Hall–Kier alpha value is -0.746. The first-order valence-corrected chi connectivity index (χ1v) is 17.5. The van der Waals surface area contributed by atoms with E-state index in [4.69, 9.17) is 23.1 Å². The summed E-state index contributed by atoms with van der Waals surface area (Å²) in [6.07, 6.45) is -1.15. The Kier molecular flexibility index (Phi) is 8.15. The number of esters is 2. The number of hydrogen-bond acceptors (Lipinski definition) is 7. The fourth-order valence-electron chi connectivity index (χ4n) is 3.50. The van der Waals surface area contributed by atoms with E-state index in [0.29, 0.717) is 12.8 Å². The molecule has 0 aromatic heterocycles. The van der Waals surface area contributed by atoms with Crippen LogP contribution in [0.15, 0.2) is 0 Å².